The van der Waals surface area contributed by atoms with E-state index in [9.17, 15) is 9.90 Å². The number of aliphatic hydroxyl groups is 1. The van der Waals surface area contributed by atoms with E-state index < -0.39 is 5.97 Å². The Morgan fingerprint density at radius 2 is 1.96 bits per heavy atom. The number of aromatic nitrogens is 2. The second-order valence-corrected chi connectivity index (χ2v) is 5.95. The number of carboxylic acid groups (broad SMARTS) is 1. The fourth-order valence-corrected chi connectivity index (χ4v) is 2.73. The molecule has 0 bridgehead atoms. The van der Waals surface area contributed by atoms with Crippen LogP contribution in [0.4, 0.5) is 11.4 Å². The van der Waals surface area contributed by atoms with Crippen LogP contribution in [0.1, 0.15) is 23.0 Å². The van der Waals surface area contributed by atoms with Gasteiger partial charge in [-0.05, 0) is 44.2 Å². The zero-order chi connectivity index (χ0) is 20.1. The summed E-state index contributed by atoms with van der Waals surface area (Å²) in [6.45, 7) is 4.29. The predicted molar refractivity (Wildman–Crippen MR) is 105 cm³/mol. The summed E-state index contributed by atoms with van der Waals surface area (Å²) >= 11 is 0. The molecule has 0 spiro atoms. The Morgan fingerprint density at radius 1 is 1.21 bits per heavy atom. The van der Waals surface area contributed by atoms with Gasteiger partial charge >= 0.3 is 5.97 Å². The number of ether oxygens (including phenoxy) is 2. The van der Waals surface area contributed by atoms with Crippen molar-refractivity contribution >= 4 is 28.4 Å². The average Bonchev–Trinajstić information content (AvgIpc) is 2.68. The van der Waals surface area contributed by atoms with Gasteiger partial charge in [0, 0.05) is 17.3 Å². The van der Waals surface area contributed by atoms with Crippen molar-refractivity contribution in [3.05, 3.63) is 47.8 Å². The molecule has 146 valence electrons. The highest BCUT2D eigenvalue weighted by Crippen LogP contribution is 2.32. The number of rotatable bonds is 8. The van der Waals surface area contributed by atoms with Gasteiger partial charge in [0.1, 0.15) is 23.7 Å². The van der Waals surface area contributed by atoms with Gasteiger partial charge in [0.05, 0.1) is 24.6 Å². The van der Waals surface area contributed by atoms with Crippen molar-refractivity contribution < 1.29 is 24.5 Å². The number of hydrogen-bond acceptors (Lipinski definition) is 7. The molecule has 3 aromatic rings. The van der Waals surface area contributed by atoms with Crippen LogP contribution in [-0.2, 0) is 0 Å². The third-order valence-corrected chi connectivity index (χ3v) is 4.02. The molecule has 8 heteroatoms. The molecule has 0 unspecified atom stereocenters. The van der Waals surface area contributed by atoms with Crippen LogP contribution in [0.5, 0.6) is 11.5 Å². The maximum atomic E-state index is 11.7. The van der Waals surface area contributed by atoms with Gasteiger partial charge in [0.25, 0.3) is 0 Å². The van der Waals surface area contributed by atoms with E-state index in [1.807, 2.05) is 13.8 Å². The second-order valence-electron chi connectivity index (χ2n) is 5.95. The van der Waals surface area contributed by atoms with Crippen LogP contribution >= 0.6 is 0 Å². The summed E-state index contributed by atoms with van der Waals surface area (Å²) in [7, 11) is 0. The summed E-state index contributed by atoms with van der Waals surface area (Å²) in [5.74, 6) is 0.0852. The molecule has 0 aliphatic rings. The Labute approximate surface area is 161 Å². The lowest BCUT2D eigenvalue weighted by molar-refractivity contribution is 0.0697. The molecule has 8 nitrogen and oxygen atoms in total. The van der Waals surface area contributed by atoms with Gasteiger partial charge in [-0.15, -0.1) is 0 Å². The monoisotopic (exact) mass is 383 g/mol. The van der Waals surface area contributed by atoms with Gasteiger partial charge in [-0.3, -0.25) is 0 Å². The number of hydrogen-bond donors (Lipinski definition) is 3. The predicted octanol–water partition coefficient (Wildman–Crippen LogP) is 3.15. The first-order valence-corrected chi connectivity index (χ1v) is 8.80. The van der Waals surface area contributed by atoms with Crippen molar-refractivity contribution in [1.29, 1.82) is 0 Å². The minimum absolute atomic E-state index is 0.0289. The third-order valence-electron chi connectivity index (χ3n) is 4.02. The normalized spacial score (nSPS) is 10.7. The van der Waals surface area contributed by atoms with Crippen LogP contribution in [0, 0.1) is 6.92 Å². The molecule has 2 aromatic heterocycles. The smallest absolute Gasteiger partial charge is 0.339 e. The number of aromatic carboxylic acids is 1. The molecule has 0 fully saturated rings. The first-order chi connectivity index (χ1) is 13.5. The Hall–Kier alpha value is -3.39. The van der Waals surface area contributed by atoms with Gasteiger partial charge in [0.2, 0.25) is 0 Å². The summed E-state index contributed by atoms with van der Waals surface area (Å²) < 4.78 is 10.9. The SMILES string of the molecule is CCOc1cc2c(Nc3ccc(OCCO)cc3)c(C(=O)O)cnc2nc1C. The van der Waals surface area contributed by atoms with E-state index in [0.29, 0.717) is 46.2 Å². The van der Waals surface area contributed by atoms with Crippen molar-refractivity contribution in [2.24, 2.45) is 0 Å². The standard InChI is InChI=1S/C20H21N3O5/c1-3-27-17-10-15-18(16(20(25)26)11-21-19(15)22-12(17)2)23-13-4-6-14(7-5-13)28-9-8-24/h4-7,10-11,24H,3,8-9H2,1-2H3,(H,25,26)(H,21,22,23). The van der Waals surface area contributed by atoms with Crippen LogP contribution in [0.15, 0.2) is 36.5 Å². The van der Waals surface area contributed by atoms with E-state index in [1.54, 1.807) is 30.3 Å². The van der Waals surface area contributed by atoms with E-state index in [2.05, 4.69) is 15.3 Å². The minimum atomic E-state index is -1.10. The molecule has 0 aliphatic heterocycles. The molecular formula is C20H21N3O5. The highest BCUT2D eigenvalue weighted by Gasteiger charge is 2.17. The number of benzene rings is 1. The molecule has 2 heterocycles. The summed E-state index contributed by atoms with van der Waals surface area (Å²) in [4.78, 5) is 20.3. The molecule has 1 aromatic carbocycles. The van der Waals surface area contributed by atoms with Crippen molar-refractivity contribution in [3.63, 3.8) is 0 Å². The molecule has 0 aliphatic carbocycles. The number of carbonyl (C=O) groups is 1. The zero-order valence-corrected chi connectivity index (χ0v) is 15.6. The number of fused-ring (bicyclic) bond motifs is 1. The average molecular weight is 383 g/mol. The van der Waals surface area contributed by atoms with E-state index in [4.69, 9.17) is 14.6 Å². The van der Waals surface area contributed by atoms with E-state index in [0.717, 1.165) is 0 Å². The van der Waals surface area contributed by atoms with Gasteiger partial charge in [-0.2, -0.15) is 0 Å². The van der Waals surface area contributed by atoms with Crippen molar-refractivity contribution in [2.75, 3.05) is 25.1 Å². The van der Waals surface area contributed by atoms with Crippen LogP contribution < -0.4 is 14.8 Å². The van der Waals surface area contributed by atoms with E-state index in [1.165, 1.54) is 6.20 Å². The number of nitrogens with one attached hydrogen (secondary N) is 1. The number of aryl methyl sites for hydroxylation is 1. The topological polar surface area (TPSA) is 114 Å². The summed E-state index contributed by atoms with van der Waals surface area (Å²) in [6, 6.07) is 8.73. The fourth-order valence-electron chi connectivity index (χ4n) is 2.73. The Kier molecular flexibility index (Phi) is 5.90. The summed E-state index contributed by atoms with van der Waals surface area (Å²) in [6.07, 6.45) is 1.29. The Bertz CT molecular complexity index is 989. The number of anilines is 2. The molecule has 0 saturated heterocycles. The van der Waals surface area contributed by atoms with Crippen LogP contribution in [0.25, 0.3) is 11.0 Å². The quantitative estimate of drug-likeness (QED) is 0.544. The zero-order valence-electron chi connectivity index (χ0n) is 15.6. The lowest BCUT2D eigenvalue weighted by Crippen LogP contribution is -2.06. The second kappa shape index (κ2) is 8.53. The summed E-state index contributed by atoms with van der Waals surface area (Å²) in [5.41, 5.74) is 2.19. The van der Waals surface area contributed by atoms with Gasteiger partial charge in [-0.25, -0.2) is 14.8 Å². The molecule has 0 saturated carbocycles. The first-order valence-electron chi connectivity index (χ1n) is 8.80. The fraction of sp³-hybridized carbons (Fsp3) is 0.250. The largest absolute Gasteiger partial charge is 0.492 e. The number of aliphatic hydroxyl groups excluding tert-OH is 1. The molecule has 0 amide bonds. The first kappa shape index (κ1) is 19.4. The van der Waals surface area contributed by atoms with Crippen LogP contribution in [0.3, 0.4) is 0 Å². The van der Waals surface area contributed by atoms with Crippen LogP contribution in [-0.4, -0.2) is 46.0 Å². The Balaban J connectivity index is 2.05. The number of nitrogens with zero attached hydrogens (tertiary/aromatic N) is 2. The summed E-state index contributed by atoms with van der Waals surface area (Å²) in [5, 5.41) is 22.1. The molecule has 0 radical (unpaired) electrons. The maximum Gasteiger partial charge on any atom is 0.339 e. The van der Waals surface area contributed by atoms with E-state index >= 15 is 0 Å². The lowest BCUT2D eigenvalue weighted by atomic mass is 10.1. The van der Waals surface area contributed by atoms with Crippen LogP contribution in [0.2, 0.25) is 0 Å². The van der Waals surface area contributed by atoms with Gasteiger partial charge in [-0.1, -0.05) is 0 Å². The van der Waals surface area contributed by atoms with E-state index in [-0.39, 0.29) is 18.8 Å². The lowest BCUT2D eigenvalue weighted by Gasteiger charge is -2.15. The molecule has 3 rings (SSSR count). The van der Waals surface area contributed by atoms with Gasteiger partial charge < -0.3 is 25.0 Å². The maximum absolute atomic E-state index is 11.7. The van der Waals surface area contributed by atoms with Crippen molar-refractivity contribution in [1.82, 2.24) is 9.97 Å². The molecular weight excluding hydrogens is 362 g/mol. The Morgan fingerprint density at radius 3 is 2.61 bits per heavy atom. The third kappa shape index (κ3) is 4.12. The highest BCUT2D eigenvalue weighted by atomic mass is 16.5. The molecule has 0 atom stereocenters. The molecule has 3 N–H and O–H groups in total. The highest BCUT2D eigenvalue weighted by molar-refractivity contribution is 6.04. The number of pyridine rings is 2. The van der Waals surface area contributed by atoms with Crippen molar-refractivity contribution in [2.45, 2.75) is 13.8 Å². The van der Waals surface area contributed by atoms with Gasteiger partial charge in [0.15, 0.2) is 5.65 Å². The number of carboxylic acids is 1. The van der Waals surface area contributed by atoms with Crippen molar-refractivity contribution in [3.8, 4) is 11.5 Å². The molecule has 28 heavy (non-hydrogen) atoms. The minimum Gasteiger partial charge on any atom is -0.492 e.